The Balaban J connectivity index is 1.85. The Hall–Kier alpha value is -1.60. The van der Waals surface area contributed by atoms with Crippen LogP contribution in [0.2, 0.25) is 0 Å². The zero-order chi connectivity index (χ0) is 16.7. The van der Waals surface area contributed by atoms with Gasteiger partial charge in [0.15, 0.2) is 4.34 Å². The summed E-state index contributed by atoms with van der Waals surface area (Å²) in [6.45, 7) is 6.20. The number of amides is 1. The van der Waals surface area contributed by atoms with Crippen molar-refractivity contribution in [1.82, 2.24) is 15.5 Å². The Morgan fingerprint density at radius 3 is 2.70 bits per heavy atom. The van der Waals surface area contributed by atoms with Gasteiger partial charge in [-0.2, -0.15) is 0 Å². The molecule has 1 aromatic carbocycles. The molecule has 0 aliphatic carbocycles. The Labute approximate surface area is 145 Å². The number of carbonyl (C=O) groups excluding carboxylic acids is 1. The molecule has 0 aliphatic heterocycles. The number of rotatable bonds is 8. The van der Waals surface area contributed by atoms with Crippen LogP contribution in [0.1, 0.15) is 32.3 Å². The fraction of sp³-hybridized carbons (Fsp3) is 0.438. The minimum atomic E-state index is 0.0484. The smallest absolute Gasteiger partial charge is 0.230 e. The maximum Gasteiger partial charge on any atom is 0.230 e. The van der Waals surface area contributed by atoms with Crippen molar-refractivity contribution in [2.75, 3.05) is 11.1 Å². The molecule has 23 heavy (non-hydrogen) atoms. The first-order valence-corrected chi connectivity index (χ1v) is 9.50. The molecule has 0 bridgehead atoms. The van der Waals surface area contributed by atoms with E-state index in [9.17, 15) is 4.79 Å². The summed E-state index contributed by atoms with van der Waals surface area (Å²) in [5.74, 6) is 0.419. The van der Waals surface area contributed by atoms with Crippen molar-refractivity contribution in [3.63, 3.8) is 0 Å². The van der Waals surface area contributed by atoms with Crippen LogP contribution in [-0.2, 0) is 4.79 Å². The van der Waals surface area contributed by atoms with Crippen molar-refractivity contribution in [3.8, 4) is 0 Å². The third-order valence-corrected chi connectivity index (χ3v) is 5.44. The molecule has 1 amide bonds. The Morgan fingerprint density at radius 2 is 2.00 bits per heavy atom. The average molecular weight is 351 g/mol. The van der Waals surface area contributed by atoms with Crippen LogP contribution in [0.25, 0.3) is 0 Å². The Bertz CT molecular complexity index is 641. The molecular weight excluding hydrogens is 328 g/mol. The van der Waals surface area contributed by atoms with Gasteiger partial charge in [-0.05, 0) is 31.4 Å². The molecule has 0 atom stereocenters. The molecular formula is C16H22N4OS2. The van der Waals surface area contributed by atoms with E-state index in [2.05, 4.69) is 34.7 Å². The van der Waals surface area contributed by atoms with Crippen LogP contribution >= 0.6 is 23.1 Å². The second-order valence-electron chi connectivity index (χ2n) is 5.18. The number of aromatic nitrogens is 2. The highest BCUT2D eigenvalue weighted by atomic mass is 32.2. The zero-order valence-electron chi connectivity index (χ0n) is 13.6. The summed E-state index contributed by atoms with van der Waals surface area (Å²) >= 11 is 2.88. The number of nitrogens with one attached hydrogen (secondary N) is 2. The Morgan fingerprint density at radius 1 is 1.26 bits per heavy atom. The number of para-hydroxylation sites is 1. The summed E-state index contributed by atoms with van der Waals surface area (Å²) in [6.07, 6.45) is 1.91. The fourth-order valence-corrected chi connectivity index (χ4v) is 3.61. The summed E-state index contributed by atoms with van der Waals surface area (Å²) in [4.78, 5) is 11.9. The Kier molecular flexibility index (Phi) is 6.85. The first-order valence-electron chi connectivity index (χ1n) is 7.70. The molecule has 0 aliphatic rings. The van der Waals surface area contributed by atoms with Gasteiger partial charge in [0.25, 0.3) is 0 Å². The highest BCUT2D eigenvalue weighted by Gasteiger charge is 2.11. The minimum Gasteiger partial charge on any atom is -0.353 e. The van der Waals surface area contributed by atoms with Crippen molar-refractivity contribution in [1.29, 1.82) is 0 Å². The minimum absolute atomic E-state index is 0.0484. The van der Waals surface area contributed by atoms with Gasteiger partial charge < -0.3 is 10.6 Å². The van der Waals surface area contributed by atoms with Gasteiger partial charge in [0.05, 0.1) is 5.75 Å². The van der Waals surface area contributed by atoms with Crippen molar-refractivity contribution >= 4 is 39.8 Å². The highest BCUT2D eigenvalue weighted by Crippen LogP contribution is 2.28. The molecule has 1 aromatic heterocycles. The number of hydrogen-bond acceptors (Lipinski definition) is 6. The van der Waals surface area contributed by atoms with Gasteiger partial charge in [0.1, 0.15) is 0 Å². The molecule has 124 valence electrons. The van der Waals surface area contributed by atoms with Crippen molar-refractivity contribution in [2.24, 2.45) is 0 Å². The van der Waals surface area contributed by atoms with Gasteiger partial charge in [0.2, 0.25) is 11.0 Å². The fourth-order valence-electron chi connectivity index (χ4n) is 2.04. The van der Waals surface area contributed by atoms with Crippen molar-refractivity contribution in [2.45, 2.75) is 44.0 Å². The number of anilines is 2. The predicted molar refractivity (Wildman–Crippen MR) is 97.6 cm³/mol. The number of benzene rings is 1. The number of hydrogen-bond donors (Lipinski definition) is 2. The van der Waals surface area contributed by atoms with Crippen LogP contribution < -0.4 is 10.6 Å². The van der Waals surface area contributed by atoms with E-state index in [1.165, 1.54) is 23.1 Å². The second kappa shape index (κ2) is 8.88. The maximum atomic E-state index is 11.9. The van der Waals surface area contributed by atoms with E-state index in [1.54, 1.807) is 0 Å². The van der Waals surface area contributed by atoms with Crippen molar-refractivity contribution < 1.29 is 4.79 Å². The molecule has 2 N–H and O–H groups in total. The second-order valence-corrected chi connectivity index (χ2v) is 7.38. The first-order chi connectivity index (χ1) is 11.1. The third kappa shape index (κ3) is 5.51. The molecule has 7 heteroatoms. The van der Waals surface area contributed by atoms with Crippen molar-refractivity contribution in [3.05, 3.63) is 29.8 Å². The van der Waals surface area contributed by atoms with Crippen LogP contribution in [0.5, 0.6) is 0 Å². The summed E-state index contributed by atoms with van der Waals surface area (Å²) in [7, 11) is 0. The number of carbonyl (C=O) groups is 1. The number of nitrogens with zero attached hydrogens (tertiary/aromatic N) is 2. The normalized spacial score (nSPS) is 10.8. The number of thioether (sulfide) groups is 1. The van der Waals surface area contributed by atoms with E-state index in [0.29, 0.717) is 5.75 Å². The summed E-state index contributed by atoms with van der Waals surface area (Å²) in [5.41, 5.74) is 2.17. The molecule has 0 fully saturated rings. The van der Waals surface area contributed by atoms with Crippen LogP contribution in [0.3, 0.4) is 0 Å². The van der Waals surface area contributed by atoms with E-state index in [4.69, 9.17) is 0 Å². The summed E-state index contributed by atoms with van der Waals surface area (Å²) in [5, 5.41) is 15.3. The molecule has 0 saturated carbocycles. The molecule has 2 rings (SSSR count). The van der Waals surface area contributed by atoms with E-state index >= 15 is 0 Å². The largest absolute Gasteiger partial charge is 0.353 e. The zero-order valence-corrected chi connectivity index (χ0v) is 15.3. The molecule has 0 unspecified atom stereocenters. The van der Waals surface area contributed by atoms with Crippen LogP contribution in [0, 0.1) is 6.92 Å². The molecule has 2 aromatic rings. The van der Waals surface area contributed by atoms with Gasteiger partial charge in [-0.15, -0.1) is 10.2 Å². The van der Waals surface area contributed by atoms with Crippen LogP contribution in [-0.4, -0.2) is 27.9 Å². The van der Waals surface area contributed by atoms with Gasteiger partial charge in [0, 0.05) is 11.7 Å². The molecule has 5 nitrogen and oxygen atoms in total. The molecule has 0 radical (unpaired) electrons. The van der Waals surface area contributed by atoms with Crippen LogP contribution in [0.15, 0.2) is 28.6 Å². The number of aryl methyl sites for hydroxylation is 1. The maximum absolute atomic E-state index is 11.9. The van der Waals surface area contributed by atoms with Crippen LogP contribution in [0.4, 0.5) is 10.8 Å². The average Bonchev–Trinajstić information content (AvgIpc) is 3.00. The third-order valence-electron chi connectivity index (χ3n) is 3.47. The quantitative estimate of drug-likeness (QED) is 0.705. The van der Waals surface area contributed by atoms with E-state index in [-0.39, 0.29) is 11.9 Å². The van der Waals surface area contributed by atoms with E-state index in [1.807, 2.05) is 31.2 Å². The first kappa shape index (κ1) is 17.7. The monoisotopic (exact) mass is 350 g/mol. The lowest BCUT2D eigenvalue weighted by Crippen LogP contribution is -2.34. The molecule has 1 heterocycles. The highest BCUT2D eigenvalue weighted by molar-refractivity contribution is 8.01. The predicted octanol–water partition coefficient (Wildman–Crippen LogP) is 3.99. The van der Waals surface area contributed by atoms with E-state index < -0.39 is 0 Å². The molecule has 0 spiro atoms. The molecule has 0 saturated heterocycles. The topological polar surface area (TPSA) is 66.9 Å². The lowest BCUT2D eigenvalue weighted by atomic mass is 10.2. The summed E-state index contributed by atoms with van der Waals surface area (Å²) < 4.78 is 0.792. The van der Waals surface area contributed by atoms with Gasteiger partial charge >= 0.3 is 0 Å². The van der Waals surface area contributed by atoms with Gasteiger partial charge in [-0.1, -0.05) is 55.1 Å². The lowest BCUT2D eigenvalue weighted by Gasteiger charge is -2.13. The van der Waals surface area contributed by atoms with Gasteiger partial charge in [-0.3, -0.25) is 4.79 Å². The SMILES string of the molecule is CCC(CC)NC(=O)CSc1nnc(Nc2ccccc2C)s1. The lowest BCUT2D eigenvalue weighted by molar-refractivity contribution is -0.119. The van der Waals surface area contributed by atoms with E-state index in [0.717, 1.165) is 33.6 Å². The van der Waals surface area contributed by atoms with Gasteiger partial charge in [-0.25, -0.2) is 0 Å². The standard InChI is InChI=1S/C16H22N4OS2/c1-4-12(5-2)17-14(21)10-22-16-20-19-15(23-16)18-13-9-7-6-8-11(13)3/h6-9,12H,4-5,10H2,1-3H3,(H,17,21)(H,18,19). The summed E-state index contributed by atoms with van der Waals surface area (Å²) in [6, 6.07) is 8.29.